The molecule has 0 unspecified atom stereocenters. The van der Waals surface area contributed by atoms with Gasteiger partial charge in [0.15, 0.2) is 7.98 Å². The highest BCUT2D eigenvalue weighted by molar-refractivity contribution is 6.04. The topological polar surface area (TPSA) is 3.24 Å². The molecular weight excluding hydrogens is 96.9 g/mol. The molecule has 0 aromatic carbocycles. The van der Waals surface area contributed by atoms with E-state index in [1.807, 2.05) is 20.9 Å². The van der Waals surface area contributed by atoms with Gasteiger partial charge in [0.1, 0.15) is 0 Å². The molecule has 48 valence electrons. The highest BCUT2D eigenvalue weighted by atomic mass is 15.0. The lowest BCUT2D eigenvalue weighted by Crippen LogP contribution is -2.13. The third-order valence-corrected chi connectivity index (χ3v) is 0.576. The van der Waals surface area contributed by atoms with Crippen molar-refractivity contribution in [3.63, 3.8) is 0 Å². The van der Waals surface area contributed by atoms with E-state index in [0.717, 1.165) is 13.0 Å². The Labute approximate surface area is 54.5 Å². The highest BCUT2D eigenvalue weighted by Crippen LogP contribution is 1.75. The molecule has 0 bridgehead atoms. The van der Waals surface area contributed by atoms with Crippen molar-refractivity contribution in [3.05, 3.63) is 0 Å². The lowest BCUT2D eigenvalue weighted by Gasteiger charge is -2.04. The van der Waals surface area contributed by atoms with Gasteiger partial charge in [-0.2, -0.15) is 0 Å². The molecule has 0 aliphatic heterocycles. The Morgan fingerprint density at radius 1 is 1.38 bits per heavy atom. The van der Waals surface area contributed by atoms with Gasteiger partial charge in [-0.1, -0.05) is 20.8 Å². The van der Waals surface area contributed by atoms with Gasteiger partial charge >= 0.3 is 0 Å². The zero-order valence-electron chi connectivity index (χ0n) is 6.44. The van der Waals surface area contributed by atoms with Crippen molar-refractivity contribution >= 4 is 7.98 Å². The van der Waals surface area contributed by atoms with Crippen LogP contribution < -0.4 is 0 Å². The van der Waals surface area contributed by atoms with Gasteiger partial charge in [0.2, 0.25) is 0 Å². The maximum absolute atomic E-state index is 5.24. The Hall–Kier alpha value is 0.0249. The fourth-order valence-corrected chi connectivity index (χ4v) is 0.353. The summed E-state index contributed by atoms with van der Waals surface area (Å²) in [5.74, 6) is 0. The van der Waals surface area contributed by atoms with E-state index in [4.69, 9.17) is 7.98 Å². The largest absolute Gasteiger partial charge is 0.356 e. The lowest BCUT2D eigenvalue weighted by molar-refractivity contribution is 0.541. The van der Waals surface area contributed by atoms with Crippen molar-refractivity contribution in [2.75, 3.05) is 13.6 Å². The first-order chi connectivity index (χ1) is 3.77. The quantitative estimate of drug-likeness (QED) is 0.489. The minimum atomic E-state index is 0.986. The van der Waals surface area contributed by atoms with Gasteiger partial charge < -0.3 is 4.81 Å². The van der Waals surface area contributed by atoms with E-state index >= 15 is 0 Å². The molecule has 0 fully saturated rings. The highest BCUT2D eigenvalue weighted by Gasteiger charge is 1.79. The monoisotopic (exact) mass is 113 g/mol. The van der Waals surface area contributed by atoms with E-state index in [-0.39, 0.29) is 0 Å². The predicted molar refractivity (Wildman–Crippen MR) is 40.0 cm³/mol. The molecule has 0 saturated carbocycles. The normalized spacial score (nSPS) is 8.12. The van der Waals surface area contributed by atoms with Gasteiger partial charge in [-0.05, 0) is 20.0 Å². The van der Waals surface area contributed by atoms with Gasteiger partial charge in [-0.25, -0.2) is 0 Å². The van der Waals surface area contributed by atoms with Crippen molar-refractivity contribution in [1.82, 2.24) is 4.81 Å². The molecule has 0 rings (SSSR count). The van der Waals surface area contributed by atoms with Crippen LogP contribution in [0.3, 0.4) is 0 Å². The fraction of sp³-hybridized carbons (Fsp3) is 1.00. The van der Waals surface area contributed by atoms with Crippen LogP contribution in [0.4, 0.5) is 0 Å². The smallest absolute Gasteiger partial charge is 0.182 e. The molecule has 0 atom stereocenters. The summed E-state index contributed by atoms with van der Waals surface area (Å²) in [6, 6.07) is 0. The first-order valence-corrected chi connectivity index (χ1v) is 3.23. The van der Waals surface area contributed by atoms with Gasteiger partial charge in [-0.15, -0.1) is 0 Å². The molecule has 0 N–H and O–H groups in total. The summed E-state index contributed by atoms with van der Waals surface area (Å²) in [7, 11) is 7.10. The molecule has 2 heteroatoms. The SMILES string of the molecule is CC.[B]N(C)CCC. The van der Waals surface area contributed by atoms with E-state index in [1.54, 1.807) is 4.81 Å². The van der Waals surface area contributed by atoms with Crippen LogP contribution in [-0.2, 0) is 0 Å². The standard InChI is InChI=1S/C4H10BN.C2H6/c1-3-4-6(2)5;1-2/h3-4H2,1-2H3;1-2H3. The Kier molecular flexibility index (Phi) is 13.8. The summed E-state index contributed by atoms with van der Waals surface area (Å²) >= 11 is 0. The van der Waals surface area contributed by atoms with Crippen molar-refractivity contribution in [2.24, 2.45) is 0 Å². The van der Waals surface area contributed by atoms with Gasteiger partial charge in [-0.3, -0.25) is 0 Å². The number of nitrogens with zero attached hydrogens (tertiary/aromatic N) is 1. The van der Waals surface area contributed by atoms with E-state index in [9.17, 15) is 0 Å². The van der Waals surface area contributed by atoms with Crippen LogP contribution in [0.2, 0.25) is 0 Å². The van der Waals surface area contributed by atoms with Crippen LogP contribution in [0.1, 0.15) is 27.2 Å². The molecule has 8 heavy (non-hydrogen) atoms. The maximum atomic E-state index is 5.24. The molecule has 0 amide bonds. The second-order valence-corrected chi connectivity index (χ2v) is 1.48. The molecule has 0 heterocycles. The van der Waals surface area contributed by atoms with Crippen molar-refractivity contribution in [1.29, 1.82) is 0 Å². The van der Waals surface area contributed by atoms with Crippen LogP contribution in [0, 0.1) is 0 Å². The molecule has 2 radical (unpaired) electrons. The third-order valence-electron chi connectivity index (χ3n) is 0.576. The second-order valence-electron chi connectivity index (χ2n) is 1.48. The van der Waals surface area contributed by atoms with Crippen LogP contribution in [0.15, 0.2) is 0 Å². The first kappa shape index (κ1) is 10.9. The molecule has 0 aliphatic carbocycles. The molecule has 0 aromatic rings. The van der Waals surface area contributed by atoms with Crippen molar-refractivity contribution in [3.8, 4) is 0 Å². The maximum Gasteiger partial charge on any atom is 0.182 e. The van der Waals surface area contributed by atoms with Crippen LogP contribution in [0.5, 0.6) is 0 Å². The summed E-state index contributed by atoms with van der Waals surface area (Å²) in [5, 5.41) is 0. The van der Waals surface area contributed by atoms with E-state index in [2.05, 4.69) is 6.92 Å². The molecule has 0 aromatic heterocycles. The van der Waals surface area contributed by atoms with Crippen LogP contribution in [0.25, 0.3) is 0 Å². The molecule has 1 nitrogen and oxygen atoms in total. The van der Waals surface area contributed by atoms with Crippen molar-refractivity contribution < 1.29 is 0 Å². The van der Waals surface area contributed by atoms with E-state index in [0.29, 0.717) is 0 Å². The minimum Gasteiger partial charge on any atom is -0.356 e. The summed E-state index contributed by atoms with van der Waals surface area (Å²) < 4.78 is 0. The summed E-state index contributed by atoms with van der Waals surface area (Å²) in [6.45, 7) is 7.09. The summed E-state index contributed by atoms with van der Waals surface area (Å²) in [5.41, 5.74) is 0. The van der Waals surface area contributed by atoms with Gasteiger partial charge in [0.05, 0.1) is 0 Å². The number of hydrogen-bond acceptors (Lipinski definition) is 1. The van der Waals surface area contributed by atoms with Gasteiger partial charge in [0, 0.05) is 0 Å². The fourth-order valence-electron chi connectivity index (χ4n) is 0.353. The summed E-state index contributed by atoms with van der Waals surface area (Å²) in [4.78, 5) is 1.68. The molecular formula is C6H16BN. The average Bonchev–Trinajstić information content (AvgIpc) is 1.72. The minimum absolute atomic E-state index is 0.986. The Morgan fingerprint density at radius 3 is 1.75 bits per heavy atom. The predicted octanol–water partition coefficient (Wildman–Crippen LogP) is 1.44. The Balaban J connectivity index is 0. The second kappa shape index (κ2) is 10.1. The molecule has 0 spiro atoms. The third kappa shape index (κ3) is 16.6. The van der Waals surface area contributed by atoms with Gasteiger partial charge in [0.25, 0.3) is 0 Å². The lowest BCUT2D eigenvalue weighted by atomic mass is 10.3. The van der Waals surface area contributed by atoms with Crippen LogP contribution >= 0.6 is 0 Å². The molecule has 0 saturated heterocycles. The Bertz CT molecular complexity index is 29.7. The zero-order chi connectivity index (χ0) is 6.99. The van der Waals surface area contributed by atoms with Crippen LogP contribution in [-0.4, -0.2) is 26.4 Å². The van der Waals surface area contributed by atoms with E-state index in [1.165, 1.54) is 0 Å². The molecule has 0 aliphatic rings. The number of rotatable bonds is 2. The average molecular weight is 113 g/mol. The Morgan fingerprint density at radius 2 is 1.75 bits per heavy atom. The number of hydrogen-bond donors (Lipinski definition) is 0. The zero-order valence-corrected chi connectivity index (χ0v) is 6.44. The van der Waals surface area contributed by atoms with Crippen molar-refractivity contribution in [2.45, 2.75) is 27.2 Å². The summed E-state index contributed by atoms with van der Waals surface area (Å²) in [6.07, 6.45) is 1.13. The first-order valence-electron chi connectivity index (χ1n) is 3.23. The van der Waals surface area contributed by atoms with E-state index < -0.39 is 0 Å².